The zero-order valence-electron chi connectivity index (χ0n) is 26.9. The number of carbonyl (C=O) groups is 3. The van der Waals surface area contributed by atoms with E-state index in [0.29, 0.717) is 0 Å². The first-order valence-corrected chi connectivity index (χ1v) is 15.8. The van der Waals surface area contributed by atoms with Crippen molar-refractivity contribution in [3.8, 4) is 0 Å². The Kier molecular flexibility index (Phi) is 7.88. The van der Waals surface area contributed by atoms with Crippen molar-refractivity contribution < 1.29 is 73.5 Å². The van der Waals surface area contributed by atoms with Crippen LogP contribution in [0.3, 0.4) is 0 Å². The van der Waals surface area contributed by atoms with Gasteiger partial charge in [0.15, 0.2) is 12.4 Å². The van der Waals surface area contributed by atoms with Crippen LogP contribution in [0.4, 0.5) is 0 Å². The minimum atomic E-state index is -2.20. The van der Waals surface area contributed by atoms with Crippen LogP contribution in [-0.4, -0.2) is 114 Å². The van der Waals surface area contributed by atoms with E-state index in [-0.39, 0.29) is 30.6 Å². The average Bonchev–Trinajstić information content (AvgIpc) is 3.54. The Balaban J connectivity index is 1.52. The van der Waals surface area contributed by atoms with Gasteiger partial charge in [0, 0.05) is 17.8 Å². The first-order valence-electron chi connectivity index (χ1n) is 15.8. The molecule has 1 spiro atoms. The standard InChI is InChI=1S/C32H44O15/c1-27(2,42)17-10-19(35)30(5)16(29(17,4)18(34)11-20(36)37)6-8-28(3)31(30)24(45-31)25(41)46-32(28,14-7-9-43-13-14)47-26-23(40)22(39)21(38)15(12-33)44-26/h7,9,13,15-18,21-24,26,33-34,38-40,42H,6,8,10-12H2,1-5H3,(H,36,37)/t15-,16-,17+,18+,21-,22+,23-,24-,26+,28-,29-,30+,31-,32-/m1/s1. The van der Waals surface area contributed by atoms with Gasteiger partial charge in [0.1, 0.15) is 42.1 Å². The number of fused-ring (bicyclic) bond motifs is 1. The molecule has 3 aliphatic heterocycles. The lowest BCUT2D eigenvalue weighted by Gasteiger charge is -2.67. The van der Waals surface area contributed by atoms with Gasteiger partial charge in [0.25, 0.3) is 5.79 Å². The van der Waals surface area contributed by atoms with Gasteiger partial charge >= 0.3 is 11.9 Å². The van der Waals surface area contributed by atoms with Crippen LogP contribution in [0.2, 0.25) is 0 Å². The summed E-state index contributed by atoms with van der Waals surface area (Å²) in [5.41, 5.74) is -7.44. The third kappa shape index (κ3) is 4.27. The molecule has 0 radical (unpaired) electrons. The summed E-state index contributed by atoms with van der Waals surface area (Å²) in [6, 6.07) is 1.46. The quantitative estimate of drug-likeness (QED) is 0.137. The second-order valence-electron chi connectivity index (χ2n) is 15.0. The van der Waals surface area contributed by atoms with Crippen molar-refractivity contribution >= 4 is 17.7 Å². The molecule has 14 atom stereocenters. The van der Waals surface area contributed by atoms with Gasteiger partial charge in [0.05, 0.1) is 47.4 Å². The van der Waals surface area contributed by atoms with Crippen LogP contribution >= 0.6 is 0 Å². The van der Waals surface area contributed by atoms with Crippen LogP contribution in [0.5, 0.6) is 0 Å². The van der Waals surface area contributed by atoms with Gasteiger partial charge in [-0.1, -0.05) is 6.92 Å². The number of carboxylic acids is 1. The van der Waals surface area contributed by atoms with Crippen LogP contribution < -0.4 is 0 Å². The zero-order chi connectivity index (χ0) is 34.7. The summed E-state index contributed by atoms with van der Waals surface area (Å²) in [5, 5.41) is 74.4. The SMILES string of the molecule is CC(C)(O)[C@@H]1CC(=O)[C@]2(C)[C@H](CC[C@@]3(C)[C@](O[C@@H]4O[C@H](CO)[C@@H](O)[C@H](O)[C@H]4O)(c4ccoc4)OC(=O)[C@H]4O[C@]432)[C@@]1(C)[C@@H](O)CC(=O)O. The number of carbonyl (C=O) groups excluding carboxylic acids is 2. The molecule has 7 N–H and O–H groups in total. The Morgan fingerprint density at radius 1 is 1.13 bits per heavy atom. The lowest BCUT2D eigenvalue weighted by molar-refractivity contribution is -0.410. The van der Waals surface area contributed by atoms with Gasteiger partial charge in [-0.05, 0) is 52.5 Å². The molecule has 6 rings (SSSR count). The fraction of sp³-hybridized carbons (Fsp3) is 0.781. The minimum absolute atomic E-state index is 0.0842. The number of ether oxygens (including phenoxy) is 4. The zero-order valence-corrected chi connectivity index (χ0v) is 26.9. The van der Waals surface area contributed by atoms with E-state index in [4.69, 9.17) is 23.4 Å². The smallest absolute Gasteiger partial charge is 0.341 e. The van der Waals surface area contributed by atoms with Crippen LogP contribution in [-0.2, 0) is 39.1 Å². The summed E-state index contributed by atoms with van der Waals surface area (Å²) in [6.07, 6.45) is -9.43. The Morgan fingerprint density at radius 2 is 1.81 bits per heavy atom. The molecule has 15 heteroatoms. The number of aliphatic hydroxyl groups is 6. The van der Waals surface area contributed by atoms with E-state index in [1.54, 1.807) is 20.8 Å². The van der Waals surface area contributed by atoms with Gasteiger partial charge in [-0.2, -0.15) is 0 Å². The van der Waals surface area contributed by atoms with E-state index in [2.05, 4.69) is 0 Å². The fourth-order valence-electron chi connectivity index (χ4n) is 10.1. The fourth-order valence-corrected chi connectivity index (χ4v) is 10.1. The lowest BCUT2D eigenvalue weighted by Crippen LogP contribution is -2.76. The Hall–Kier alpha value is -2.47. The van der Waals surface area contributed by atoms with Crippen molar-refractivity contribution in [1.82, 2.24) is 0 Å². The van der Waals surface area contributed by atoms with E-state index in [0.717, 1.165) is 0 Å². The second kappa shape index (κ2) is 10.8. The highest BCUT2D eigenvalue weighted by Crippen LogP contribution is 2.79. The Morgan fingerprint density at radius 3 is 2.38 bits per heavy atom. The highest BCUT2D eigenvalue weighted by Gasteiger charge is 2.92. The normalized spacial score (nSPS) is 48.5. The van der Waals surface area contributed by atoms with Crippen LogP contribution in [0.25, 0.3) is 0 Å². The summed E-state index contributed by atoms with van der Waals surface area (Å²) in [4.78, 5) is 40.4. The summed E-state index contributed by atoms with van der Waals surface area (Å²) in [5.74, 6) is -6.42. The predicted octanol–water partition coefficient (Wildman–Crippen LogP) is -0.432. The number of ketones is 1. The first-order chi connectivity index (χ1) is 21.8. The third-order valence-electron chi connectivity index (χ3n) is 12.5. The molecule has 4 heterocycles. The number of esters is 1. The highest BCUT2D eigenvalue weighted by atomic mass is 16.8. The van der Waals surface area contributed by atoms with E-state index in [1.165, 1.54) is 32.4 Å². The number of carboxylic acid groups (broad SMARTS) is 1. The molecule has 2 saturated carbocycles. The number of epoxide rings is 1. The summed E-state index contributed by atoms with van der Waals surface area (Å²) >= 11 is 0. The van der Waals surface area contributed by atoms with Crippen molar-refractivity contribution in [2.24, 2.45) is 28.1 Å². The molecule has 1 aromatic heterocycles. The monoisotopic (exact) mass is 668 g/mol. The lowest BCUT2D eigenvalue weighted by atomic mass is 9.36. The van der Waals surface area contributed by atoms with E-state index < -0.39 is 113 Å². The largest absolute Gasteiger partial charge is 0.481 e. The maximum absolute atomic E-state index is 14.6. The molecule has 3 saturated heterocycles. The summed E-state index contributed by atoms with van der Waals surface area (Å²) in [6.45, 7) is 7.27. The Labute approximate surface area is 270 Å². The number of cyclic esters (lactones) is 1. The number of Topliss-reactive ketones (excluding diaryl/α,β-unsaturated/α-hetero) is 1. The van der Waals surface area contributed by atoms with Crippen LogP contribution in [0, 0.1) is 28.1 Å². The number of rotatable bonds is 8. The van der Waals surface area contributed by atoms with Gasteiger partial charge in [-0.25, -0.2) is 4.79 Å². The topological polar surface area (TPSA) is 246 Å². The molecule has 0 unspecified atom stereocenters. The van der Waals surface area contributed by atoms with Crippen molar-refractivity contribution in [2.75, 3.05) is 6.61 Å². The average molecular weight is 669 g/mol. The van der Waals surface area contributed by atoms with Crippen molar-refractivity contribution in [3.63, 3.8) is 0 Å². The number of furan rings is 1. The third-order valence-corrected chi connectivity index (χ3v) is 12.5. The predicted molar refractivity (Wildman–Crippen MR) is 154 cm³/mol. The van der Waals surface area contributed by atoms with E-state index in [9.17, 15) is 50.1 Å². The van der Waals surface area contributed by atoms with E-state index in [1.807, 2.05) is 0 Å². The van der Waals surface area contributed by atoms with Crippen molar-refractivity contribution in [1.29, 1.82) is 0 Å². The van der Waals surface area contributed by atoms with Crippen LogP contribution in [0.15, 0.2) is 23.0 Å². The molecule has 0 bridgehead atoms. The van der Waals surface area contributed by atoms with Crippen molar-refractivity contribution in [2.45, 2.75) is 120 Å². The molecule has 262 valence electrons. The molecule has 1 aromatic rings. The molecule has 0 amide bonds. The Bertz CT molecular complexity index is 1420. The summed E-state index contributed by atoms with van der Waals surface area (Å²) < 4.78 is 29.9. The van der Waals surface area contributed by atoms with Gasteiger partial charge in [-0.15, -0.1) is 0 Å². The number of aliphatic hydroxyl groups excluding tert-OH is 5. The molecular weight excluding hydrogens is 624 g/mol. The molecular formula is C32H44O15. The molecule has 5 aliphatic rings. The molecule has 5 fully saturated rings. The molecule has 2 aliphatic carbocycles. The maximum atomic E-state index is 14.6. The number of hydrogen-bond donors (Lipinski definition) is 7. The maximum Gasteiger partial charge on any atom is 0.341 e. The minimum Gasteiger partial charge on any atom is -0.481 e. The van der Waals surface area contributed by atoms with Gasteiger partial charge in [0.2, 0.25) is 0 Å². The molecule has 0 aromatic carbocycles. The van der Waals surface area contributed by atoms with Gasteiger partial charge < -0.3 is 59.1 Å². The molecule has 47 heavy (non-hydrogen) atoms. The van der Waals surface area contributed by atoms with E-state index >= 15 is 0 Å². The van der Waals surface area contributed by atoms with Crippen molar-refractivity contribution in [3.05, 3.63) is 24.2 Å². The number of hydrogen-bond acceptors (Lipinski definition) is 14. The highest BCUT2D eigenvalue weighted by molar-refractivity contribution is 5.93. The second-order valence-corrected chi connectivity index (χ2v) is 15.0. The summed E-state index contributed by atoms with van der Waals surface area (Å²) in [7, 11) is 0. The first kappa shape index (κ1) is 34.4. The molecule has 15 nitrogen and oxygen atoms in total. The van der Waals surface area contributed by atoms with Gasteiger partial charge in [-0.3, -0.25) is 9.59 Å². The van der Waals surface area contributed by atoms with Crippen LogP contribution in [0.1, 0.15) is 65.9 Å². The number of aliphatic carboxylic acids is 1.